The van der Waals surface area contributed by atoms with Gasteiger partial charge in [0.25, 0.3) is 5.91 Å². The molecule has 0 bridgehead atoms. The van der Waals surface area contributed by atoms with E-state index in [4.69, 9.17) is 21.1 Å². The highest BCUT2D eigenvalue weighted by Gasteiger charge is 2.16. The minimum absolute atomic E-state index is 0. The van der Waals surface area contributed by atoms with Gasteiger partial charge in [0.1, 0.15) is 0 Å². The summed E-state index contributed by atoms with van der Waals surface area (Å²) in [6.45, 7) is 5.58. The first-order chi connectivity index (χ1) is 19.6. The first-order valence-electron chi connectivity index (χ1n) is 15.0. The van der Waals surface area contributed by atoms with E-state index in [1.807, 2.05) is 30.3 Å². The topological polar surface area (TPSA) is 50.8 Å². The van der Waals surface area contributed by atoms with Crippen LogP contribution in [-0.2, 0) is 11.3 Å². The molecular weight excluding hydrogens is 620 g/mol. The highest BCUT2D eigenvalue weighted by atomic mass is 79.9. The lowest BCUT2D eigenvalue weighted by Gasteiger charge is -2.21. The van der Waals surface area contributed by atoms with Crippen LogP contribution in [0.4, 0.5) is 5.69 Å². The van der Waals surface area contributed by atoms with Gasteiger partial charge < -0.3 is 19.7 Å². The average Bonchev–Trinajstić information content (AvgIpc) is 3.36. The molecule has 0 spiro atoms. The smallest absolute Gasteiger partial charge is 0.262 e. The number of nitrogens with zero attached hydrogens (tertiary/aromatic N) is 1. The molecule has 0 atom stereocenters. The van der Waals surface area contributed by atoms with E-state index in [0.29, 0.717) is 23.1 Å². The number of carbonyl (C=O) groups excluding carboxylic acids is 1. The van der Waals surface area contributed by atoms with Crippen LogP contribution in [0.2, 0.25) is 5.02 Å². The highest BCUT2D eigenvalue weighted by Crippen LogP contribution is 2.35. The summed E-state index contributed by atoms with van der Waals surface area (Å²) < 4.78 is 11.9. The number of benzene rings is 2. The quantitative estimate of drug-likeness (QED) is 0.142. The lowest BCUT2D eigenvalue weighted by molar-refractivity contribution is -0.118. The van der Waals surface area contributed by atoms with Crippen molar-refractivity contribution >= 4 is 51.9 Å². The Balaban J connectivity index is 0.00000588. The van der Waals surface area contributed by atoms with Crippen LogP contribution < -0.4 is 14.8 Å². The summed E-state index contributed by atoms with van der Waals surface area (Å²) in [5, 5.41) is 5.67. The molecule has 0 unspecified atom stereocenters. The molecule has 0 saturated heterocycles. The molecule has 0 aliphatic carbocycles. The molecule has 0 saturated carbocycles. The Morgan fingerprint density at radius 3 is 2.22 bits per heavy atom. The maximum Gasteiger partial charge on any atom is 0.262 e. The van der Waals surface area contributed by atoms with E-state index in [1.165, 1.54) is 69.9 Å². The van der Waals surface area contributed by atoms with Crippen LogP contribution in [0, 0.1) is 0 Å². The van der Waals surface area contributed by atoms with Gasteiger partial charge in [-0.3, -0.25) is 4.79 Å². The maximum absolute atomic E-state index is 12.8. The average molecular weight is 668 g/mol. The molecule has 1 aliphatic rings. The fourth-order valence-electron chi connectivity index (χ4n) is 4.77. The van der Waals surface area contributed by atoms with Crippen LogP contribution >= 0.6 is 40.3 Å². The fourth-order valence-corrected chi connectivity index (χ4v) is 5.93. The zero-order valence-electron chi connectivity index (χ0n) is 24.8. The predicted octanol–water partition coefficient (Wildman–Crippen LogP) is 10.4. The number of ether oxygens (including phenoxy) is 2. The number of anilines is 1. The van der Waals surface area contributed by atoms with E-state index >= 15 is 0 Å². The molecule has 0 radical (unpaired) electrons. The molecule has 8 heteroatoms. The molecule has 5 nitrogen and oxygen atoms in total. The number of para-hydroxylation sites is 2. The molecule has 2 aromatic carbocycles. The van der Waals surface area contributed by atoms with E-state index in [0.717, 1.165) is 36.5 Å². The van der Waals surface area contributed by atoms with Crippen molar-refractivity contribution < 1.29 is 14.3 Å². The second-order valence-corrected chi connectivity index (χ2v) is 11.8. The van der Waals surface area contributed by atoms with E-state index in [1.54, 1.807) is 23.9 Å². The summed E-state index contributed by atoms with van der Waals surface area (Å²) in [7, 11) is 0. The third-order valence-corrected chi connectivity index (χ3v) is 8.44. The van der Waals surface area contributed by atoms with E-state index in [-0.39, 0.29) is 29.5 Å². The minimum Gasteiger partial charge on any atom is -0.488 e. The van der Waals surface area contributed by atoms with Gasteiger partial charge in [0, 0.05) is 17.9 Å². The first-order valence-corrected chi connectivity index (χ1v) is 16.5. The van der Waals surface area contributed by atoms with Crippen molar-refractivity contribution in [1.29, 1.82) is 0 Å². The van der Waals surface area contributed by atoms with Crippen molar-refractivity contribution in [2.24, 2.45) is 0 Å². The van der Waals surface area contributed by atoms with Crippen molar-refractivity contribution in [2.45, 2.75) is 97.4 Å². The van der Waals surface area contributed by atoms with Crippen LogP contribution in [0.3, 0.4) is 0 Å². The second-order valence-electron chi connectivity index (χ2n) is 10.6. The third-order valence-electron chi connectivity index (χ3n) is 7.17. The largest absolute Gasteiger partial charge is 0.488 e. The van der Waals surface area contributed by atoms with Crippen LogP contribution in [0.1, 0.15) is 96.5 Å². The van der Waals surface area contributed by atoms with Crippen LogP contribution in [0.25, 0.3) is 0 Å². The van der Waals surface area contributed by atoms with Crippen molar-refractivity contribution in [3.05, 3.63) is 64.2 Å². The van der Waals surface area contributed by atoms with Crippen molar-refractivity contribution in [3.63, 3.8) is 0 Å². The Morgan fingerprint density at radius 2 is 1.56 bits per heavy atom. The number of allylic oxidation sites excluding steroid dienone is 1. The van der Waals surface area contributed by atoms with Gasteiger partial charge in [-0.15, -0.1) is 28.7 Å². The van der Waals surface area contributed by atoms with Gasteiger partial charge in [-0.2, -0.15) is 0 Å². The number of unbranched alkanes of at least 4 members (excludes halogenated alkanes) is 11. The molecule has 228 valence electrons. The standard InChI is InChI=1S/C33H47ClN2O3S.BrH/c1-3-4-5-6-7-8-9-10-11-12-13-16-22-38-33-29(34)19-17-21-31(33)39-24-32(37)35-30-20-15-14-18-28(30)23-36-26-40-25-27(36)2;/h14-15,17-21,25H,3-13,16,22-24,26H2,1-2H3,(H,35,37);1H. The lowest BCUT2D eigenvalue weighted by Crippen LogP contribution is -2.23. The summed E-state index contributed by atoms with van der Waals surface area (Å²) in [5.41, 5.74) is 3.11. The van der Waals surface area contributed by atoms with Gasteiger partial charge in [-0.1, -0.05) is 113 Å². The number of halogens is 2. The number of amides is 1. The van der Waals surface area contributed by atoms with Crippen molar-refractivity contribution in [2.75, 3.05) is 24.4 Å². The molecule has 41 heavy (non-hydrogen) atoms. The molecule has 1 heterocycles. The number of carbonyl (C=O) groups is 1. The number of nitrogens with one attached hydrogen (secondary N) is 1. The highest BCUT2D eigenvalue weighted by molar-refractivity contribution is 8.93. The number of thioether (sulfide) groups is 1. The maximum atomic E-state index is 12.8. The molecular formula is C33H48BrClN2O3S. The Labute approximate surface area is 267 Å². The zero-order valence-corrected chi connectivity index (χ0v) is 28.1. The molecule has 1 amide bonds. The SMILES string of the molecule is Br.CCCCCCCCCCCCCCOc1c(Cl)cccc1OCC(=O)Nc1ccccc1CN1CSC=C1C. The summed E-state index contributed by atoms with van der Waals surface area (Å²) in [6.07, 6.45) is 15.6. The number of hydrogen-bond acceptors (Lipinski definition) is 5. The summed E-state index contributed by atoms with van der Waals surface area (Å²) in [6, 6.07) is 13.3. The van der Waals surface area contributed by atoms with E-state index in [2.05, 4.69) is 29.5 Å². The molecule has 0 fully saturated rings. The Bertz CT molecular complexity index is 1070. The van der Waals surface area contributed by atoms with Crippen LogP contribution in [0.15, 0.2) is 53.6 Å². The van der Waals surface area contributed by atoms with E-state index < -0.39 is 0 Å². The predicted molar refractivity (Wildman–Crippen MR) is 181 cm³/mol. The van der Waals surface area contributed by atoms with Crippen molar-refractivity contribution in [3.8, 4) is 11.5 Å². The monoisotopic (exact) mass is 666 g/mol. The van der Waals surface area contributed by atoms with Gasteiger partial charge in [0.05, 0.1) is 17.5 Å². The summed E-state index contributed by atoms with van der Waals surface area (Å²) in [5.74, 6) is 1.70. The fraction of sp³-hybridized carbons (Fsp3) is 0.545. The molecule has 1 N–H and O–H groups in total. The second kappa shape index (κ2) is 21.0. The summed E-state index contributed by atoms with van der Waals surface area (Å²) in [4.78, 5) is 15.1. The molecule has 2 aromatic rings. The molecule has 1 aliphatic heterocycles. The summed E-state index contributed by atoms with van der Waals surface area (Å²) >= 11 is 8.21. The lowest BCUT2D eigenvalue weighted by atomic mass is 10.1. The molecule has 0 aromatic heterocycles. The Morgan fingerprint density at radius 1 is 0.902 bits per heavy atom. The van der Waals surface area contributed by atoms with E-state index in [9.17, 15) is 4.79 Å². The normalized spacial score (nSPS) is 12.6. The first kappa shape index (κ1) is 35.4. The number of hydrogen-bond donors (Lipinski definition) is 1. The van der Waals surface area contributed by atoms with Gasteiger partial charge in [0.2, 0.25) is 0 Å². The van der Waals surface area contributed by atoms with Gasteiger partial charge in [-0.25, -0.2) is 0 Å². The minimum atomic E-state index is -0.220. The van der Waals surface area contributed by atoms with Crippen LogP contribution in [0.5, 0.6) is 11.5 Å². The Kier molecular flexibility index (Phi) is 18.1. The van der Waals surface area contributed by atoms with Gasteiger partial charge >= 0.3 is 0 Å². The third kappa shape index (κ3) is 13.3. The van der Waals surface area contributed by atoms with Gasteiger partial charge in [-0.05, 0) is 42.5 Å². The zero-order chi connectivity index (χ0) is 28.4. The van der Waals surface area contributed by atoms with Gasteiger partial charge in [0.15, 0.2) is 18.1 Å². The van der Waals surface area contributed by atoms with Crippen molar-refractivity contribution in [1.82, 2.24) is 4.90 Å². The Hall–Kier alpha value is -1.83. The molecule has 3 rings (SSSR count). The van der Waals surface area contributed by atoms with Crippen LogP contribution in [-0.4, -0.2) is 29.9 Å². The number of rotatable bonds is 20.